The number of hydrogen-bond acceptors (Lipinski definition) is 3. The molecule has 0 amide bonds. The van der Waals surface area contributed by atoms with E-state index in [9.17, 15) is 9.46 Å². The molecule has 1 aliphatic heterocycles. The SMILES string of the molecule is O=[P+]([O-])C12OC1C=Cc1c2ccc2ccccc12. The zero-order valence-corrected chi connectivity index (χ0v) is 10.3. The minimum Gasteiger partial charge on any atom is -0.593 e. The van der Waals surface area contributed by atoms with Gasteiger partial charge in [-0.2, -0.15) is 0 Å². The Balaban J connectivity index is 2.08. The Morgan fingerprint density at radius 1 is 1.22 bits per heavy atom. The molecule has 0 saturated carbocycles. The van der Waals surface area contributed by atoms with E-state index in [1.807, 2.05) is 48.6 Å². The zero-order chi connectivity index (χ0) is 12.3. The van der Waals surface area contributed by atoms with Crippen molar-refractivity contribution < 1.29 is 14.2 Å². The summed E-state index contributed by atoms with van der Waals surface area (Å²) < 4.78 is 16.9. The van der Waals surface area contributed by atoms with Crippen LogP contribution in [0.15, 0.2) is 42.5 Å². The smallest absolute Gasteiger partial charge is 0.353 e. The van der Waals surface area contributed by atoms with E-state index in [0.29, 0.717) is 0 Å². The highest BCUT2D eigenvalue weighted by Gasteiger charge is 2.70. The van der Waals surface area contributed by atoms with Crippen molar-refractivity contribution in [1.29, 1.82) is 0 Å². The van der Waals surface area contributed by atoms with E-state index in [2.05, 4.69) is 0 Å². The van der Waals surface area contributed by atoms with Gasteiger partial charge in [0.1, 0.15) is 0 Å². The van der Waals surface area contributed by atoms with Crippen molar-refractivity contribution >= 4 is 24.9 Å². The minimum atomic E-state index is -2.64. The van der Waals surface area contributed by atoms with Crippen LogP contribution in [0.3, 0.4) is 0 Å². The first-order valence-corrected chi connectivity index (χ1v) is 6.94. The molecule has 88 valence electrons. The summed E-state index contributed by atoms with van der Waals surface area (Å²) in [4.78, 5) is 11.5. The summed E-state index contributed by atoms with van der Waals surface area (Å²) >= 11 is 0. The van der Waals surface area contributed by atoms with Crippen LogP contribution in [0.5, 0.6) is 0 Å². The first-order valence-electron chi connectivity index (χ1n) is 5.76. The lowest BCUT2D eigenvalue weighted by atomic mass is 9.92. The standard InChI is InChI=1S/C14H9O3P/c15-18(16)14-12-7-5-9-3-1-2-4-10(9)11(12)6-8-13(14)17-14/h1-8,13H. The fraction of sp³-hybridized carbons (Fsp3) is 0.143. The lowest BCUT2D eigenvalue weighted by Gasteiger charge is -2.14. The van der Waals surface area contributed by atoms with E-state index in [-0.39, 0.29) is 6.10 Å². The van der Waals surface area contributed by atoms with E-state index in [4.69, 9.17) is 4.74 Å². The molecule has 3 unspecified atom stereocenters. The van der Waals surface area contributed by atoms with Gasteiger partial charge in [0.05, 0.1) is 0 Å². The van der Waals surface area contributed by atoms with Crippen LogP contribution in [-0.2, 0) is 14.6 Å². The Morgan fingerprint density at radius 2 is 2.06 bits per heavy atom. The average Bonchev–Trinajstić information content (AvgIpc) is 3.14. The second-order valence-electron chi connectivity index (χ2n) is 4.60. The van der Waals surface area contributed by atoms with Crippen LogP contribution >= 0.6 is 8.03 Å². The number of ether oxygens (including phenoxy) is 1. The molecule has 0 spiro atoms. The van der Waals surface area contributed by atoms with E-state index in [1.54, 1.807) is 0 Å². The second-order valence-corrected chi connectivity index (χ2v) is 5.78. The highest BCUT2D eigenvalue weighted by atomic mass is 31.1. The highest BCUT2D eigenvalue weighted by molar-refractivity contribution is 7.38. The Bertz CT molecular complexity index is 722. The summed E-state index contributed by atoms with van der Waals surface area (Å²) in [7, 11) is -2.64. The third kappa shape index (κ3) is 1.12. The molecule has 4 heteroatoms. The van der Waals surface area contributed by atoms with Gasteiger partial charge in [0.25, 0.3) is 0 Å². The molecule has 0 bridgehead atoms. The number of rotatable bonds is 1. The van der Waals surface area contributed by atoms with Gasteiger partial charge < -0.3 is 9.63 Å². The van der Waals surface area contributed by atoms with Gasteiger partial charge in [-0.3, -0.25) is 0 Å². The molecule has 2 aliphatic rings. The predicted octanol–water partition coefficient (Wildman–Crippen LogP) is 2.52. The van der Waals surface area contributed by atoms with Gasteiger partial charge in [0.15, 0.2) is 6.10 Å². The molecule has 1 heterocycles. The molecule has 0 aromatic heterocycles. The zero-order valence-electron chi connectivity index (χ0n) is 9.37. The molecular weight excluding hydrogens is 247 g/mol. The van der Waals surface area contributed by atoms with Crippen LogP contribution < -0.4 is 4.89 Å². The summed E-state index contributed by atoms with van der Waals surface area (Å²) in [5.41, 5.74) is 1.73. The maximum atomic E-state index is 11.5. The van der Waals surface area contributed by atoms with Gasteiger partial charge in [0, 0.05) is 5.56 Å². The third-order valence-corrected chi connectivity index (χ3v) is 4.84. The minimum absolute atomic E-state index is 0.313. The summed E-state index contributed by atoms with van der Waals surface area (Å²) in [6, 6.07) is 11.8. The van der Waals surface area contributed by atoms with Crippen molar-refractivity contribution in [2.24, 2.45) is 0 Å². The molecule has 2 aromatic carbocycles. The number of fused-ring (bicyclic) bond motifs is 5. The molecule has 0 N–H and O–H groups in total. The lowest BCUT2D eigenvalue weighted by Crippen LogP contribution is -2.16. The summed E-state index contributed by atoms with van der Waals surface area (Å²) in [6.45, 7) is 0. The van der Waals surface area contributed by atoms with Crippen molar-refractivity contribution in [2.75, 3.05) is 0 Å². The van der Waals surface area contributed by atoms with E-state index >= 15 is 0 Å². The highest BCUT2D eigenvalue weighted by Crippen LogP contribution is 2.63. The van der Waals surface area contributed by atoms with Crippen LogP contribution in [-0.4, -0.2) is 6.10 Å². The van der Waals surface area contributed by atoms with Gasteiger partial charge in [-0.25, -0.2) is 0 Å². The number of epoxide rings is 1. The first kappa shape index (κ1) is 10.4. The second kappa shape index (κ2) is 3.27. The maximum absolute atomic E-state index is 11.5. The van der Waals surface area contributed by atoms with Crippen LogP contribution in [0.25, 0.3) is 16.8 Å². The monoisotopic (exact) mass is 256 g/mol. The first-order chi connectivity index (χ1) is 8.73. The molecule has 3 atom stereocenters. The quantitative estimate of drug-likeness (QED) is 0.582. The fourth-order valence-electron chi connectivity index (χ4n) is 2.76. The van der Waals surface area contributed by atoms with E-state index in [1.165, 1.54) is 0 Å². The Labute approximate surface area is 105 Å². The van der Waals surface area contributed by atoms with Gasteiger partial charge in [-0.15, -0.1) is 0 Å². The Hall–Kier alpha value is -1.54. The van der Waals surface area contributed by atoms with Gasteiger partial charge in [0.2, 0.25) is 0 Å². The molecule has 2 aromatic rings. The summed E-state index contributed by atoms with van der Waals surface area (Å²) in [6.07, 6.45) is 3.49. The topological polar surface area (TPSA) is 52.7 Å². The lowest BCUT2D eigenvalue weighted by molar-refractivity contribution is -0.170. The van der Waals surface area contributed by atoms with Gasteiger partial charge in [-0.05, 0) is 22.4 Å². The van der Waals surface area contributed by atoms with Gasteiger partial charge >= 0.3 is 13.4 Å². The average molecular weight is 256 g/mol. The van der Waals surface area contributed by atoms with Crippen molar-refractivity contribution in [2.45, 2.75) is 11.4 Å². The molecule has 4 rings (SSSR count). The van der Waals surface area contributed by atoms with Crippen molar-refractivity contribution in [3.63, 3.8) is 0 Å². The van der Waals surface area contributed by atoms with Crippen LogP contribution in [0.2, 0.25) is 0 Å². The molecule has 1 aliphatic carbocycles. The Kier molecular flexibility index (Phi) is 1.89. The largest absolute Gasteiger partial charge is 0.593 e. The molecule has 0 radical (unpaired) electrons. The van der Waals surface area contributed by atoms with Crippen LogP contribution in [0, 0.1) is 0 Å². The normalized spacial score (nSPS) is 28.7. The van der Waals surface area contributed by atoms with Crippen LogP contribution in [0.1, 0.15) is 11.1 Å². The van der Waals surface area contributed by atoms with E-state index < -0.39 is 13.4 Å². The molecular formula is C14H9O3P. The number of hydrogen-bond donors (Lipinski definition) is 0. The summed E-state index contributed by atoms with van der Waals surface area (Å²) in [5, 5.41) is 1.07. The Morgan fingerprint density at radius 3 is 2.89 bits per heavy atom. The molecule has 1 fully saturated rings. The van der Waals surface area contributed by atoms with Crippen LogP contribution in [0.4, 0.5) is 0 Å². The number of benzene rings is 2. The van der Waals surface area contributed by atoms with Crippen molar-refractivity contribution in [1.82, 2.24) is 0 Å². The predicted molar refractivity (Wildman–Crippen MR) is 67.1 cm³/mol. The summed E-state index contributed by atoms with van der Waals surface area (Å²) in [5.74, 6) is 0. The fourth-order valence-corrected chi connectivity index (χ4v) is 3.65. The van der Waals surface area contributed by atoms with E-state index in [0.717, 1.165) is 21.9 Å². The van der Waals surface area contributed by atoms with Gasteiger partial charge in [-0.1, -0.05) is 47.0 Å². The molecule has 1 saturated heterocycles. The third-order valence-electron chi connectivity index (χ3n) is 3.70. The van der Waals surface area contributed by atoms with Crippen molar-refractivity contribution in [3.05, 3.63) is 53.6 Å². The molecule has 18 heavy (non-hydrogen) atoms. The maximum Gasteiger partial charge on any atom is 0.353 e. The van der Waals surface area contributed by atoms with Crippen molar-refractivity contribution in [3.8, 4) is 0 Å². The molecule has 3 nitrogen and oxygen atoms in total.